The Bertz CT molecular complexity index is 733. The van der Waals surface area contributed by atoms with Crippen LogP contribution in [0.1, 0.15) is 41.3 Å². The van der Waals surface area contributed by atoms with E-state index in [1.165, 1.54) is 0 Å². The minimum atomic E-state index is -1.42. The lowest BCUT2D eigenvalue weighted by Crippen LogP contribution is -2.47. The molecule has 0 unspecified atom stereocenters. The van der Waals surface area contributed by atoms with Crippen LogP contribution in [0.4, 0.5) is 0 Å². The molecule has 0 saturated heterocycles. The third kappa shape index (κ3) is 4.62. The summed E-state index contributed by atoms with van der Waals surface area (Å²) in [6.45, 7) is 4.02. The Morgan fingerprint density at radius 3 is 2.60 bits per heavy atom. The number of hydrogen-bond acceptors (Lipinski definition) is 7. The summed E-state index contributed by atoms with van der Waals surface area (Å²) in [5, 5.41) is 1.74. The van der Waals surface area contributed by atoms with E-state index in [9.17, 15) is 9.59 Å². The van der Waals surface area contributed by atoms with E-state index in [2.05, 4.69) is 4.98 Å². The number of nitrogens with two attached hydrogens (primary N) is 2. The number of amides is 1. The zero-order chi connectivity index (χ0) is 18.4. The molecule has 8 heteroatoms. The highest BCUT2D eigenvalue weighted by atomic mass is 32.1. The predicted octanol–water partition coefficient (Wildman–Crippen LogP) is 1.69. The molecular weight excluding hydrogens is 340 g/mol. The summed E-state index contributed by atoms with van der Waals surface area (Å²) >= 11 is 1.08. The molecule has 5 N–H and O–H groups in total. The van der Waals surface area contributed by atoms with Crippen LogP contribution in [0.5, 0.6) is 0 Å². The first-order chi connectivity index (χ1) is 11.9. The minimum absolute atomic E-state index is 0.122. The number of hydrogen-bond donors (Lipinski definition) is 3. The van der Waals surface area contributed by atoms with E-state index in [4.69, 9.17) is 16.3 Å². The Hall–Kier alpha value is -2.29. The lowest BCUT2D eigenvalue weighted by atomic mass is 9.87. The van der Waals surface area contributed by atoms with Crippen LogP contribution in [0, 0.1) is 5.92 Å². The number of aromatic nitrogens is 1. The molecule has 25 heavy (non-hydrogen) atoms. The van der Waals surface area contributed by atoms with E-state index in [1.54, 1.807) is 5.38 Å². The number of nitrogens with one attached hydrogen (secondary N) is 1. The van der Waals surface area contributed by atoms with E-state index in [0.717, 1.165) is 16.9 Å². The normalized spacial score (nSPS) is 13.3. The van der Waals surface area contributed by atoms with Crippen LogP contribution in [0.15, 0.2) is 35.7 Å². The van der Waals surface area contributed by atoms with Gasteiger partial charge in [-0.2, -0.15) is 0 Å². The van der Waals surface area contributed by atoms with Crippen molar-refractivity contribution in [2.45, 2.75) is 32.4 Å². The van der Waals surface area contributed by atoms with Crippen molar-refractivity contribution in [1.82, 2.24) is 10.4 Å². The monoisotopic (exact) mass is 362 g/mol. The highest BCUT2D eigenvalue weighted by Crippen LogP contribution is 2.29. The molecular formula is C17H22N4O3S. The number of ether oxygens (including phenoxy) is 1. The molecule has 2 rings (SSSR count). The van der Waals surface area contributed by atoms with Crippen molar-refractivity contribution in [3.8, 4) is 0 Å². The zero-order valence-corrected chi connectivity index (χ0v) is 15.0. The standard InChI is InChI=1S/C17H22N4O3S/c1-11(2)8-17(18,13-10-25-15(20-13)14(22)21-19)16(23)24-9-12-6-4-3-5-7-12/h3-7,10-11H,8-9,18-19H2,1-2H3,(H,21,22)/t17-/m0/s1. The smallest absolute Gasteiger partial charge is 0.332 e. The second kappa shape index (κ2) is 8.19. The molecule has 0 spiro atoms. The van der Waals surface area contributed by atoms with Crippen LogP contribution in [-0.4, -0.2) is 16.9 Å². The van der Waals surface area contributed by atoms with Gasteiger partial charge in [0.1, 0.15) is 6.61 Å². The summed E-state index contributed by atoms with van der Waals surface area (Å²) in [4.78, 5) is 28.5. The van der Waals surface area contributed by atoms with Crippen LogP contribution >= 0.6 is 11.3 Å². The molecule has 0 bridgehead atoms. The van der Waals surface area contributed by atoms with Gasteiger partial charge in [-0.3, -0.25) is 10.2 Å². The van der Waals surface area contributed by atoms with Gasteiger partial charge in [-0.1, -0.05) is 44.2 Å². The number of nitrogen functional groups attached to an aromatic ring is 1. The van der Waals surface area contributed by atoms with Gasteiger partial charge < -0.3 is 10.5 Å². The fraction of sp³-hybridized carbons (Fsp3) is 0.353. The maximum absolute atomic E-state index is 12.7. The number of carbonyl (C=O) groups excluding carboxylic acids is 2. The lowest BCUT2D eigenvalue weighted by Gasteiger charge is -2.27. The van der Waals surface area contributed by atoms with Gasteiger partial charge in [0.2, 0.25) is 0 Å². The number of hydrazine groups is 1. The minimum Gasteiger partial charge on any atom is -0.459 e. The maximum atomic E-state index is 12.7. The summed E-state index contributed by atoms with van der Waals surface area (Å²) in [5.41, 5.74) is 8.15. The second-order valence-corrected chi connectivity index (χ2v) is 7.00. The first-order valence-electron chi connectivity index (χ1n) is 7.83. The Morgan fingerprint density at radius 2 is 2.00 bits per heavy atom. The number of carbonyl (C=O) groups is 2. The van der Waals surface area contributed by atoms with Crippen LogP contribution in [-0.2, 0) is 21.7 Å². The number of benzene rings is 1. The molecule has 0 fully saturated rings. The van der Waals surface area contributed by atoms with Gasteiger partial charge in [-0.05, 0) is 17.9 Å². The molecule has 1 aromatic carbocycles. The van der Waals surface area contributed by atoms with Gasteiger partial charge in [-0.25, -0.2) is 15.6 Å². The average Bonchev–Trinajstić information content (AvgIpc) is 3.10. The Morgan fingerprint density at radius 1 is 1.32 bits per heavy atom. The van der Waals surface area contributed by atoms with Crippen LogP contribution in [0.25, 0.3) is 0 Å². The largest absolute Gasteiger partial charge is 0.459 e. The molecule has 2 aromatic rings. The number of esters is 1. The molecule has 0 aliphatic rings. The van der Waals surface area contributed by atoms with Crippen molar-refractivity contribution < 1.29 is 14.3 Å². The first-order valence-corrected chi connectivity index (χ1v) is 8.71. The molecule has 0 radical (unpaired) electrons. The third-order valence-electron chi connectivity index (χ3n) is 3.59. The number of rotatable bonds is 7. The van der Waals surface area contributed by atoms with Gasteiger partial charge in [0.25, 0.3) is 5.91 Å². The third-order valence-corrected chi connectivity index (χ3v) is 4.43. The molecule has 1 aromatic heterocycles. The van der Waals surface area contributed by atoms with Gasteiger partial charge in [0, 0.05) is 5.38 Å². The van der Waals surface area contributed by atoms with Crippen molar-refractivity contribution in [2.75, 3.05) is 0 Å². The molecule has 0 saturated carbocycles. The van der Waals surface area contributed by atoms with Crippen LogP contribution in [0.2, 0.25) is 0 Å². The molecule has 1 amide bonds. The second-order valence-electron chi connectivity index (χ2n) is 6.14. The summed E-state index contributed by atoms with van der Waals surface area (Å²) < 4.78 is 5.42. The Balaban J connectivity index is 2.22. The quantitative estimate of drug-likeness (QED) is 0.298. The molecule has 1 atom stereocenters. The fourth-order valence-corrected chi connectivity index (χ4v) is 3.24. The van der Waals surface area contributed by atoms with Gasteiger partial charge in [0.05, 0.1) is 5.69 Å². The maximum Gasteiger partial charge on any atom is 0.332 e. The predicted molar refractivity (Wildman–Crippen MR) is 95.3 cm³/mol. The zero-order valence-electron chi connectivity index (χ0n) is 14.2. The van der Waals surface area contributed by atoms with Crippen molar-refractivity contribution in [3.05, 3.63) is 52.0 Å². The fourth-order valence-electron chi connectivity index (χ4n) is 2.43. The summed E-state index contributed by atoms with van der Waals surface area (Å²) in [5.74, 6) is 4.15. The van der Waals surface area contributed by atoms with E-state index in [1.807, 2.05) is 49.6 Å². The number of nitrogens with zero attached hydrogens (tertiary/aromatic N) is 1. The molecule has 134 valence electrons. The van der Waals surface area contributed by atoms with Crippen molar-refractivity contribution in [2.24, 2.45) is 17.5 Å². The van der Waals surface area contributed by atoms with Crippen LogP contribution in [0.3, 0.4) is 0 Å². The SMILES string of the molecule is CC(C)C[C@@](N)(C(=O)OCc1ccccc1)c1csc(C(=O)NN)n1. The average molecular weight is 362 g/mol. The van der Waals surface area contributed by atoms with Gasteiger partial charge in [-0.15, -0.1) is 11.3 Å². The highest BCUT2D eigenvalue weighted by Gasteiger charge is 2.41. The van der Waals surface area contributed by atoms with E-state index in [0.29, 0.717) is 12.1 Å². The first kappa shape index (κ1) is 19.0. The topological polar surface area (TPSA) is 120 Å². The van der Waals surface area contributed by atoms with E-state index < -0.39 is 17.4 Å². The summed E-state index contributed by atoms with van der Waals surface area (Å²) in [6.07, 6.45) is 0.341. The molecule has 0 aliphatic heterocycles. The van der Waals surface area contributed by atoms with Crippen molar-refractivity contribution in [1.29, 1.82) is 0 Å². The Kier molecular flexibility index (Phi) is 6.24. The lowest BCUT2D eigenvalue weighted by molar-refractivity contribution is -0.153. The summed E-state index contributed by atoms with van der Waals surface area (Å²) in [6, 6.07) is 9.34. The molecule has 1 heterocycles. The Labute approximate surface area is 150 Å². The van der Waals surface area contributed by atoms with Crippen molar-refractivity contribution >= 4 is 23.2 Å². The molecule has 0 aliphatic carbocycles. The van der Waals surface area contributed by atoms with Crippen LogP contribution < -0.4 is 17.0 Å². The van der Waals surface area contributed by atoms with Crippen molar-refractivity contribution in [3.63, 3.8) is 0 Å². The van der Waals surface area contributed by atoms with E-state index in [-0.39, 0.29) is 17.5 Å². The van der Waals surface area contributed by atoms with Gasteiger partial charge >= 0.3 is 5.97 Å². The molecule has 7 nitrogen and oxygen atoms in total. The summed E-state index contributed by atoms with van der Waals surface area (Å²) in [7, 11) is 0. The van der Waals surface area contributed by atoms with Gasteiger partial charge in [0.15, 0.2) is 10.5 Å². The van der Waals surface area contributed by atoms with E-state index >= 15 is 0 Å². The number of thiazole rings is 1. The highest BCUT2D eigenvalue weighted by molar-refractivity contribution is 7.11.